The maximum Gasteiger partial charge on any atom is 0.102 e. The van der Waals surface area contributed by atoms with E-state index in [2.05, 4.69) is 92.8 Å². The van der Waals surface area contributed by atoms with Crippen molar-refractivity contribution in [1.29, 1.82) is 0 Å². The highest BCUT2D eigenvalue weighted by Crippen LogP contribution is 2.22. The van der Waals surface area contributed by atoms with E-state index in [0.717, 1.165) is 13.1 Å². The quantitative estimate of drug-likeness (QED) is 0.735. The molecule has 0 heterocycles. The normalized spacial score (nSPS) is 11.8. The van der Waals surface area contributed by atoms with Crippen LogP contribution in [0, 0.1) is 0 Å². The Balaban J connectivity index is 1.65. The molecular weight excluding hydrogens is 278 g/mol. The predicted molar refractivity (Wildman–Crippen MR) is 98.4 cm³/mol. The highest BCUT2D eigenvalue weighted by atomic mass is 14.8. The van der Waals surface area contributed by atoms with Crippen molar-refractivity contribution in [2.75, 3.05) is 0 Å². The molecule has 23 heavy (non-hydrogen) atoms. The van der Waals surface area contributed by atoms with E-state index < -0.39 is 0 Å². The first-order chi connectivity index (χ1) is 11.0. The van der Waals surface area contributed by atoms with Crippen LogP contribution in [0.5, 0.6) is 0 Å². The molecule has 0 aliphatic rings. The lowest BCUT2D eigenvalue weighted by Gasteiger charge is -2.19. The fraction of sp³-hybridized carbons (Fsp3) is 0.273. The van der Waals surface area contributed by atoms with Gasteiger partial charge in [-0.05, 0) is 21.8 Å². The standard InChI is InChI=1S/C22H25N/c1-22(2,3)20-13-11-17(12-14-20)15-23-16-19-9-6-8-18-7-4-5-10-21(18)19/h4-14,23H,15-16H2,1-3H3/p+1. The van der Waals surface area contributed by atoms with Crippen LogP contribution in [0.25, 0.3) is 10.8 Å². The minimum absolute atomic E-state index is 0.227. The molecule has 1 heteroatoms. The molecule has 0 aliphatic carbocycles. The average molecular weight is 304 g/mol. The van der Waals surface area contributed by atoms with Crippen LogP contribution in [0.2, 0.25) is 0 Å². The van der Waals surface area contributed by atoms with Crippen molar-refractivity contribution in [2.45, 2.75) is 39.3 Å². The molecule has 0 unspecified atom stereocenters. The molecule has 0 fully saturated rings. The molecule has 1 nitrogen and oxygen atoms in total. The predicted octanol–water partition coefficient (Wildman–Crippen LogP) is 4.40. The van der Waals surface area contributed by atoms with Crippen molar-refractivity contribution >= 4 is 10.8 Å². The minimum Gasteiger partial charge on any atom is -0.339 e. The lowest BCUT2D eigenvalue weighted by Crippen LogP contribution is -2.80. The minimum atomic E-state index is 0.227. The zero-order valence-electron chi connectivity index (χ0n) is 14.3. The van der Waals surface area contributed by atoms with Gasteiger partial charge in [-0.1, -0.05) is 87.5 Å². The number of rotatable bonds is 4. The molecule has 0 saturated carbocycles. The monoisotopic (exact) mass is 304 g/mol. The third-order valence-electron chi connectivity index (χ3n) is 4.44. The fourth-order valence-electron chi connectivity index (χ4n) is 3.01. The molecule has 0 aromatic heterocycles. The van der Waals surface area contributed by atoms with Gasteiger partial charge in [0, 0.05) is 11.1 Å². The number of hydrogen-bond donors (Lipinski definition) is 1. The highest BCUT2D eigenvalue weighted by molar-refractivity contribution is 5.85. The third-order valence-corrected chi connectivity index (χ3v) is 4.44. The van der Waals surface area contributed by atoms with Crippen LogP contribution in [0.1, 0.15) is 37.5 Å². The Bertz CT molecular complexity index is 774. The van der Waals surface area contributed by atoms with Crippen LogP contribution in [0.3, 0.4) is 0 Å². The highest BCUT2D eigenvalue weighted by Gasteiger charge is 2.12. The van der Waals surface area contributed by atoms with Crippen LogP contribution in [0.15, 0.2) is 66.7 Å². The first kappa shape index (κ1) is 15.8. The van der Waals surface area contributed by atoms with E-state index in [1.54, 1.807) is 0 Å². The van der Waals surface area contributed by atoms with Crippen LogP contribution in [0.4, 0.5) is 0 Å². The van der Waals surface area contributed by atoms with E-state index in [1.807, 2.05) is 0 Å². The molecule has 2 N–H and O–H groups in total. The summed E-state index contributed by atoms with van der Waals surface area (Å²) in [6.45, 7) is 8.81. The fourth-order valence-corrected chi connectivity index (χ4v) is 3.01. The SMILES string of the molecule is CC(C)(C)c1ccc(C[NH2+]Cc2cccc3ccccc23)cc1. The maximum absolute atomic E-state index is 2.38. The van der Waals surface area contributed by atoms with Gasteiger partial charge in [0.05, 0.1) is 0 Å². The van der Waals surface area contributed by atoms with Gasteiger partial charge in [0.1, 0.15) is 13.1 Å². The summed E-state index contributed by atoms with van der Waals surface area (Å²) in [5, 5.41) is 5.08. The second-order valence-corrected chi connectivity index (χ2v) is 7.28. The van der Waals surface area contributed by atoms with E-state index in [-0.39, 0.29) is 5.41 Å². The summed E-state index contributed by atoms with van der Waals surface area (Å²) in [4.78, 5) is 0. The van der Waals surface area contributed by atoms with Gasteiger partial charge in [-0.15, -0.1) is 0 Å². The Morgan fingerprint density at radius 1 is 0.739 bits per heavy atom. The van der Waals surface area contributed by atoms with Crippen molar-refractivity contribution in [3.8, 4) is 0 Å². The van der Waals surface area contributed by atoms with Crippen molar-refractivity contribution in [1.82, 2.24) is 0 Å². The van der Waals surface area contributed by atoms with Crippen LogP contribution in [-0.2, 0) is 18.5 Å². The molecule has 0 spiro atoms. The van der Waals surface area contributed by atoms with Crippen molar-refractivity contribution in [3.05, 3.63) is 83.4 Å². The smallest absolute Gasteiger partial charge is 0.102 e. The molecule has 0 amide bonds. The molecule has 3 aromatic rings. The summed E-state index contributed by atoms with van der Waals surface area (Å²) in [5.74, 6) is 0. The summed E-state index contributed by atoms with van der Waals surface area (Å²) >= 11 is 0. The number of hydrogen-bond acceptors (Lipinski definition) is 0. The van der Waals surface area contributed by atoms with Crippen LogP contribution >= 0.6 is 0 Å². The van der Waals surface area contributed by atoms with Gasteiger partial charge in [0.25, 0.3) is 0 Å². The zero-order valence-corrected chi connectivity index (χ0v) is 14.3. The van der Waals surface area contributed by atoms with Gasteiger partial charge in [0.15, 0.2) is 0 Å². The topological polar surface area (TPSA) is 16.6 Å². The van der Waals surface area contributed by atoms with Gasteiger partial charge in [0.2, 0.25) is 0 Å². The van der Waals surface area contributed by atoms with E-state index in [4.69, 9.17) is 0 Å². The summed E-state index contributed by atoms with van der Waals surface area (Å²) in [5.41, 5.74) is 4.42. The zero-order chi connectivity index (χ0) is 16.3. The maximum atomic E-state index is 2.38. The molecule has 0 atom stereocenters. The third kappa shape index (κ3) is 3.80. The van der Waals surface area contributed by atoms with Gasteiger partial charge in [-0.2, -0.15) is 0 Å². The molecule has 118 valence electrons. The summed E-state index contributed by atoms with van der Waals surface area (Å²) in [6, 6.07) is 24.3. The largest absolute Gasteiger partial charge is 0.339 e. The molecule has 0 bridgehead atoms. The average Bonchev–Trinajstić information content (AvgIpc) is 2.55. The van der Waals surface area contributed by atoms with Crippen molar-refractivity contribution < 1.29 is 5.32 Å². The van der Waals surface area contributed by atoms with Crippen LogP contribution in [-0.4, -0.2) is 0 Å². The lowest BCUT2D eigenvalue weighted by molar-refractivity contribution is -0.686. The Morgan fingerprint density at radius 3 is 2.17 bits per heavy atom. The first-order valence-corrected chi connectivity index (χ1v) is 8.42. The number of nitrogens with two attached hydrogens (primary N) is 1. The van der Waals surface area contributed by atoms with Crippen LogP contribution < -0.4 is 5.32 Å². The van der Waals surface area contributed by atoms with Crippen molar-refractivity contribution in [3.63, 3.8) is 0 Å². The molecule has 3 aromatic carbocycles. The number of fused-ring (bicyclic) bond motifs is 1. The Hall–Kier alpha value is -2.12. The summed E-state index contributed by atoms with van der Waals surface area (Å²) in [6.07, 6.45) is 0. The van der Waals surface area contributed by atoms with Gasteiger partial charge in [-0.3, -0.25) is 0 Å². The Morgan fingerprint density at radius 2 is 1.43 bits per heavy atom. The Labute approximate surface area is 139 Å². The molecule has 3 rings (SSSR count). The Kier molecular flexibility index (Phi) is 4.49. The molecule has 0 saturated heterocycles. The lowest BCUT2D eigenvalue weighted by atomic mass is 9.87. The van der Waals surface area contributed by atoms with E-state index >= 15 is 0 Å². The van der Waals surface area contributed by atoms with Gasteiger partial charge >= 0.3 is 0 Å². The van der Waals surface area contributed by atoms with Crippen molar-refractivity contribution in [2.24, 2.45) is 0 Å². The summed E-state index contributed by atoms with van der Waals surface area (Å²) in [7, 11) is 0. The number of benzene rings is 3. The first-order valence-electron chi connectivity index (χ1n) is 8.42. The second kappa shape index (κ2) is 6.55. The van der Waals surface area contributed by atoms with Gasteiger partial charge < -0.3 is 5.32 Å². The molecule has 0 aliphatic heterocycles. The summed E-state index contributed by atoms with van der Waals surface area (Å²) < 4.78 is 0. The van der Waals surface area contributed by atoms with E-state index in [0.29, 0.717) is 0 Å². The molecule has 0 radical (unpaired) electrons. The number of quaternary nitrogens is 1. The van der Waals surface area contributed by atoms with Gasteiger partial charge in [-0.25, -0.2) is 0 Å². The second-order valence-electron chi connectivity index (χ2n) is 7.28. The van der Waals surface area contributed by atoms with E-state index in [9.17, 15) is 0 Å². The molecular formula is C22H26N+. The van der Waals surface area contributed by atoms with E-state index in [1.165, 1.54) is 27.5 Å².